The lowest BCUT2D eigenvalue weighted by molar-refractivity contribution is -0.137. The van der Waals surface area contributed by atoms with E-state index < -0.39 is 5.97 Å². The first kappa shape index (κ1) is 16.3. The average Bonchev–Trinajstić information content (AvgIpc) is 2.42. The Bertz CT molecular complexity index is 490. The smallest absolute Gasteiger partial charge is 0.303 e. The first-order chi connectivity index (χ1) is 9.45. The maximum Gasteiger partial charge on any atom is 0.303 e. The molecule has 0 saturated heterocycles. The maximum atomic E-state index is 12.0. The first-order valence-corrected chi connectivity index (χ1v) is 6.65. The highest BCUT2D eigenvalue weighted by Crippen LogP contribution is 2.29. The predicted molar refractivity (Wildman–Crippen MR) is 77.5 cm³/mol. The number of aliphatic carboxylic acids is 1. The third kappa shape index (κ3) is 4.74. The number of benzene rings is 1. The number of carboxylic acid groups (broad SMARTS) is 1. The minimum atomic E-state index is -0.840. The van der Waals surface area contributed by atoms with Gasteiger partial charge < -0.3 is 14.7 Å². The zero-order valence-corrected chi connectivity index (χ0v) is 12.3. The van der Waals surface area contributed by atoms with Gasteiger partial charge in [0.15, 0.2) is 0 Å². The summed E-state index contributed by atoms with van der Waals surface area (Å²) in [5, 5.41) is 8.96. The minimum absolute atomic E-state index is 0.0726. The maximum absolute atomic E-state index is 12.0. The molecule has 1 amide bonds. The number of methoxy groups -OCH3 is 1. The van der Waals surface area contributed by atoms with Gasteiger partial charge in [0, 0.05) is 25.6 Å². The van der Waals surface area contributed by atoms with E-state index in [-0.39, 0.29) is 12.3 Å². The first-order valence-electron chi connectivity index (χ1n) is 6.27. The quantitative estimate of drug-likeness (QED) is 0.786. The minimum Gasteiger partial charge on any atom is -0.495 e. The van der Waals surface area contributed by atoms with Crippen LogP contribution in [0, 0.1) is 0 Å². The van der Waals surface area contributed by atoms with Crippen LogP contribution in [0.5, 0.6) is 5.75 Å². The Morgan fingerprint density at radius 2 is 1.95 bits per heavy atom. The molecule has 1 aromatic rings. The lowest BCUT2D eigenvalue weighted by Crippen LogP contribution is -2.25. The van der Waals surface area contributed by atoms with Crippen LogP contribution >= 0.6 is 11.6 Å². The molecule has 20 heavy (non-hydrogen) atoms. The van der Waals surface area contributed by atoms with Gasteiger partial charge in [-0.1, -0.05) is 11.6 Å². The van der Waals surface area contributed by atoms with Crippen molar-refractivity contribution in [3.63, 3.8) is 0 Å². The van der Waals surface area contributed by atoms with Crippen molar-refractivity contribution in [2.45, 2.75) is 25.7 Å². The molecule has 110 valence electrons. The van der Waals surface area contributed by atoms with Gasteiger partial charge in [0.1, 0.15) is 5.75 Å². The second kappa shape index (κ2) is 7.75. The third-order valence-electron chi connectivity index (χ3n) is 2.93. The van der Waals surface area contributed by atoms with Crippen LogP contribution < -0.4 is 9.64 Å². The lowest BCUT2D eigenvalue weighted by atomic mass is 10.1. The number of rotatable bonds is 7. The fourth-order valence-electron chi connectivity index (χ4n) is 1.73. The van der Waals surface area contributed by atoms with Crippen molar-refractivity contribution >= 4 is 29.2 Å². The van der Waals surface area contributed by atoms with Crippen molar-refractivity contribution < 1.29 is 19.4 Å². The second-order valence-corrected chi connectivity index (χ2v) is 4.78. The Hall–Kier alpha value is -1.75. The van der Waals surface area contributed by atoms with Crippen LogP contribution in [-0.4, -0.2) is 31.1 Å². The standard InChI is InChI=1S/C14H18ClNO4/c1-16(13(17)5-3-4-6-14(18)19)10-7-8-12(20-2)11(15)9-10/h7-9H,3-6H2,1-2H3,(H,18,19). The van der Waals surface area contributed by atoms with E-state index in [1.54, 1.807) is 25.2 Å². The summed E-state index contributed by atoms with van der Waals surface area (Å²) in [5.74, 6) is -0.359. The number of unbranched alkanes of at least 4 members (excludes halogenated alkanes) is 1. The summed E-state index contributed by atoms with van der Waals surface area (Å²) in [6, 6.07) is 5.11. The molecule has 0 fully saturated rings. The Labute approximate surface area is 123 Å². The normalized spacial score (nSPS) is 10.2. The zero-order valence-electron chi connectivity index (χ0n) is 11.6. The van der Waals surface area contributed by atoms with E-state index in [0.29, 0.717) is 35.7 Å². The number of anilines is 1. The van der Waals surface area contributed by atoms with Crippen LogP contribution in [0.1, 0.15) is 25.7 Å². The van der Waals surface area contributed by atoms with Gasteiger partial charge in [-0.3, -0.25) is 9.59 Å². The molecule has 0 unspecified atom stereocenters. The largest absolute Gasteiger partial charge is 0.495 e. The molecule has 0 saturated carbocycles. The van der Waals surface area contributed by atoms with Gasteiger partial charge in [-0.2, -0.15) is 0 Å². The SMILES string of the molecule is COc1ccc(N(C)C(=O)CCCCC(=O)O)cc1Cl. The van der Waals surface area contributed by atoms with Crippen molar-refractivity contribution in [3.05, 3.63) is 23.2 Å². The predicted octanol–water partition coefficient (Wildman–Crippen LogP) is 2.96. The van der Waals surface area contributed by atoms with Crippen molar-refractivity contribution in [2.75, 3.05) is 19.1 Å². The van der Waals surface area contributed by atoms with E-state index in [0.717, 1.165) is 0 Å². The molecule has 1 N–H and O–H groups in total. The van der Waals surface area contributed by atoms with Crippen LogP contribution in [0.4, 0.5) is 5.69 Å². The monoisotopic (exact) mass is 299 g/mol. The van der Waals surface area contributed by atoms with E-state index in [2.05, 4.69) is 0 Å². The number of nitrogens with zero attached hydrogens (tertiary/aromatic N) is 1. The number of carbonyl (C=O) groups is 2. The fourth-order valence-corrected chi connectivity index (χ4v) is 1.98. The molecule has 1 aromatic carbocycles. The Morgan fingerprint density at radius 1 is 1.30 bits per heavy atom. The number of hydrogen-bond donors (Lipinski definition) is 1. The lowest BCUT2D eigenvalue weighted by Gasteiger charge is -2.18. The van der Waals surface area contributed by atoms with Crippen LogP contribution in [-0.2, 0) is 9.59 Å². The van der Waals surface area contributed by atoms with Gasteiger partial charge in [-0.15, -0.1) is 0 Å². The summed E-state index contributed by atoms with van der Waals surface area (Å²) in [6.07, 6.45) is 1.45. The molecule has 0 aliphatic carbocycles. The average molecular weight is 300 g/mol. The highest BCUT2D eigenvalue weighted by molar-refractivity contribution is 6.32. The molecule has 5 nitrogen and oxygen atoms in total. The van der Waals surface area contributed by atoms with Crippen LogP contribution in [0.3, 0.4) is 0 Å². The summed E-state index contributed by atoms with van der Waals surface area (Å²) in [4.78, 5) is 23.8. The van der Waals surface area contributed by atoms with Gasteiger partial charge in [0.05, 0.1) is 12.1 Å². The van der Waals surface area contributed by atoms with E-state index in [9.17, 15) is 9.59 Å². The molecule has 6 heteroatoms. The molecule has 0 aromatic heterocycles. The molecule has 0 aliphatic heterocycles. The van der Waals surface area contributed by atoms with E-state index in [1.165, 1.54) is 12.0 Å². The van der Waals surface area contributed by atoms with Crippen molar-refractivity contribution in [1.82, 2.24) is 0 Å². The zero-order chi connectivity index (χ0) is 15.1. The molecular weight excluding hydrogens is 282 g/mol. The second-order valence-electron chi connectivity index (χ2n) is 4.37. The van der Waals surface area contributed by atoms with E-state index in [4.69, 9.17) is 21.4 Å². The number of amides is 1. The number of ether oxygens (including phenoxy) is 1. The van der Waals surface area contributed by atoms with Crippen LogP contribution in [0.2, 0.25) is 5.02 Å². The van der Waals surface area contributed by atoms with Gasteiger partial charge in [-0.05, 0) is 31.0 Å². The van der Waals surface area contributed by atoms with Gasteiger partial charge in [0.2, 0.25) is 5.91 Å². The van der Waals surface area contributed by atoms with Crippen molar-refractivity contribution in [3.8, 4) is 5.75 Å². The number of hydrogen-bond acceptors (Lipinski definition) is 3. The highest BCUT2D eigenvalue weighted by atomic mass is 35.5. The molecule has 0 radical (unpaired) electrons. The van der Waals surface area contributed by atoms with E-state index in [1.807, 2.05) is 0 Å². The summed E-state index contributed by atoms with van der Waals surface area (Å²) in [5.41, 5.74) is 0.680. The highest BCUT2D eigenvalue weighted by Gasteiger charge is 2.12. The van der Waals surface area contributed by atoms with Crippen molar-refractivity contribution in [2.24, 2.45) is 0 Å². The number of carboxylic acids is 1. The van der Waals surface area contributed by atoms with Crippen LogP contribution in [0.25, 0.3) is 0 Å². The Kier molecular flexibility index (Phi) is 6.31. The summed E-state index contributed by atoms with van der Waals surface area (Å²) in [6.45, 7) is 0. The van der Waals surface area contributed by atoms with Gasteiger partial charge in [0.25, 0.3) is 0 Å². The Balaban J connectivity index is 2.56. The third-order valence-corrected chi connectivity index (χ3v) is 3.22. The number of carbonyl (C=O) groups excluding carboxylic acids is 1. The topological polar surface area (TPSA) is 66.8 Å². The molecule has 0 spiro atoms. The van der Waals surface area contributed by atoms with E-state index >= 15 is 0 Å². The van der Waals surface area contributed by atoms with Crippen LogP contribution in [0.15, 0.2) is 18.2 Å². The summed E-state index contributed by atoms with van der Waals surface area (Å²) >= 11 is 6.01. The summed E-state index contributed by atoms with van der Waals surface area (Å²) < 4.78 is 5.05. The van der Waals surface area contributed by atoms with Crippen molar-refractivity contribution in [1.29, 1.82) is 0 Å². The summed E-state index contributed by atoms with van der Waals surface area (Å²) in [7, 11) is 3.19. The van der Waals surface area contributed by atoms with Gasteiger partial charge in [-0.25, -0.2) is 0 Å². The molecule has 0 atom stereocenters. The molecule has 0 aliphatic rings. The number of halogens is 1. The fraction of sp³-hybridized carbons (Fsp3) is 0.429. The Morgan fingerprint density at radius 3 is 2.50 bits per heavy atom. The molecule has 1 rings (SSSR count). The van der Waals surface area contributed by atoms with Gasteiger partial charge >= 0.3 is 5.97 Å². The molecular formula is C14H18ClNO4. The molecule has 0 heterocycles. The molecule has 0 bridgehead atoms.